The smallest absolute Gasteiger partial charge is 0.305 e. The lowest BCUT2D eigenvalue weighted by Crippen LogP contribution is -2.05. The van der Waals surface area contributed by atoms with Crippen molar-refractivity contribution in [2.75, 3.05) is 13.2 Å². The molecule has 152 valence electrons. The fraction of sp³-hybridized carbons (Fsp3) is 0.818. The summed E-state index contributed by atoms with van der Waals surface area (Å²) in [5.41, 5.74) is 0. The van der Waals surface area contributed by atoms with Crippen molar-refractivity contribution in [3.8, 4) is 0 Å². The molecule has 4 heteroatoms. The number of hydrogen-bond donors (Lipinski definition) is 0. The largest absolute Gasteiger partial charge is 0.466 e. The fourth-order valence-corrected chi connectivity index (χ4v) is 2.59. The zero-order chi connectivity index (χ0) is 19.3. The highest BCUT2D eigenvalue weighted by Gasteiger charge is 2.03. The first kappa shape index (κ1) is 24.7. The predicted octanol–water partition coefficient (Wildman–Crippen LogP) is 6.13. The number of ether oxygens (including phenoxy) is 2. The van der Waals surface area contributed by atoms with Crippen LogP contribution in [-0.4, -0.2) is 25.2 Å². The number of esters is 2. The van der Waals surface area contributed by atoms with Gasteiger partial charge >= 0.3 is 11.9 Å². The minimum atomic E-state index is -0.0805. The Balaban J connectivity index is 3.30. The molecule has 4 nitrogen and oxygen atoms in total. The molecule has 26 heavy (non-hydrogen) atoms. The molecule has 0 aromatic carbocycles. The van der Waals surface area contributed by atoms with Crippen LogP contribution in [-0.2, 0) is 19.1 Å². The Bertz CT molecular complexity index is 363. The van der Waals surface area contributed by atoms with Crippen LogP contribution in [0.15, 0.2) is 12.2 Å². The van der Waals surface area contributed by atoms with E-state index in [4.69, 9.17) is 9.47 Å². The SMILES string of the molecule is CCCCC/C=C\CCOC(=O)CCCCCCCCC(=O)OCCC. The Morgan fingerprint density at radius 1 is 0.615 bits per heavy atom. The minimum Gasteiger partial charge on any atom is -0.466 e. The van der Waals surface area contributed by atoms with Gasteiger partial charge in [-0.05, 0) is 38.5 Å². The van der Waals surface area contributed by atoms with Gasteiger partial charge in [-0.1, -0.05) is 64.5 Å². The molecule has 0 aliphatic heterocycles. The van der Waals surface area contributed by atoms with E-state index in [-0.39, 0.29) is 11.9 Å². The summed E-state index contributed by atoms with van der Waals surface area (Å²) in [6, 6.07) is 0. The molecule has 0 fully saturated rings. The van der Waals surface area contributed by atoms with Gasteiger partial charge < -0.3 is 9.47 Å². The van der Waals surface area contributed by atoms with Gasteiger partial charge in [-0.2, -0.15) is 0 Å². The molecule has 0 bridgehead atoms. The van der Waals surface area contributed by atoms with E-state index in [9.17, 15) is 9.59 Å². The highest BCUT2D eigenvalue weighted by Crippen LogP contribution is 2.10. The van der Waals surface area contributed by atoms with Crippen molar-refractivity contribution < 1.29 is 19.1 Å². The monoisotopic (exact) mass is 368 g/mol. The van der Waals surface area contributed by atoms with Crippen molar-refractivity contribution in [3.05, 3.63) is 12.2 Å². The minimum absolute atomic E-state index is 0.0783. The lowest BCUT2D eigenvalue weighted by Gasteiger charge is -2.04. The maximum Gasteiger partial charge on any atom is 0.305 e. The molecule has 0 amide bonds. The van der Waals surface area contributed by atoms with Crippen LogP contribution in [0, 0.1) is 0 Å². The lowest BCUT2D eigenvalue weighted by atomic mass is 10.1. The van der Waals surface area contributed by atoms with Crippen LogP contribution in [0.3, 0.4) is 0 Å². The molecule has 0 aromatic rings. The molecule has 0 spiro atoms. The maximum absolute atomic E-state index is 11.6. The molecule has 0 atom stereocenters. The molecule has 0 unspecified atom stereocenters. The third-order valence-electron chi connectivity index (χ3n) is 4.17. The average Bonchev–Trinajstić information content (AvgIpc) is 2.64. The zero-order valence-electron chi connectivity index (χ0n) is 17.1. The van der Waals surface area contributed by atoms with Gasteiger partial charge in [-0.15, -0.1) is 0 Å². The molecule has 0 aliphatic carbocycles. The van der Waals surface area contributed by atoms with Crippen molar-refractivity contribution in [2.24, 2.45) is 0 Å². The molecule has 0 N–H and O–H groups in total. The summed E-state index contributed by atoms with van der Waals surface area (Å²) < 4.78 is 10.3. The first-order chi connectivity index (χ1) is 12.7. The molecule has 0 rings (SSSR count). The number of carbonyl (C=O) groups excluding carboxylic acids is 2. The van der Waals surface area contributed by atoms with E-state index in [0.29, 0.717) is 26.1 Å². The van der Waals surface area contributed by atoms with Gasteiger partial charge in [-0.3, -0.25) is 9.59 Å². The van der Waals surface area contributed by atoms with E-state index in [1.165, 1.54) is 19.3 Å². The Kier molecular flexibility index (Phi) is 19.0. The summed E-state index contributed by atoms with van der Waals surface area (Å²) in [6.45, 7) is 5.23. The third kappa shape index (κ3) is 19.0. The molecule has 0 radical (unpaired) electrons. The van der Waals surface area contributed by atoms with Gasteiger partial charge in [0.05, 0.1) is 13.2 Å². The van der Waals surface area contributed by atoms with Crippen LogP contribution in [0.1, 0.15) is 104 Å². The van der Waals surface area contributed by atoms with Crippen molar-refractivity contribution in [1.82, 2.24) is 0 Å². The van der Waals surface area contributed by atoms with Crippen molar-refractivity contribution in [3.63, 3.8) is 0 Å². The van der Waals surface area contributed by atoms with Crippen LogP contribution in [0.2, 0.25) is 0 Å². The average molecular weight is 369 g/mol. The summed E-state index contributed by atoms with van der Waals surface area (Å²) in [7, 11) is 0. The van der Waals surface area contributed by atoms with Crippen LogP contribution in [0.25, 0.3) is 0 Å². The number of allylic oxidation sites excluding steroid dienone is 1. The Morgan fingerprint density at radius 2 is 1.15 bits per heavy atom. The molecular formula is C22H40O4. The second-order valence-electron chi connectivity index (χ2n) is 6.82. The van der Waals surface area contributed by atoms with Gasteiger partial charge in [0.25, 0.3) is 0 Å². The van der Waals surface area contributed by atoms with Gasteiger partial charge in [0.2, 0.25) is 0 Å². The van der Waals surface area contributed by atoms with E-state index in [0.717, 1.165) is 57.8 Å². The van der Waals surface area contributed by atoms with Crippen LogP contribution < -0.4 is 0 Å². The van der Waals surface area contributed by atoms with Crippen molar-refractivity contribution in [1.29, 1.82) is 0 Å². The zero-order valence-corrected chi connectivity index (χ0v) is 17.1. The Morgan fingerprint density at radius 3 is 1.73 bits per heavy atom. The molecule has 0 saturated heterocycles. The Hall–Kier alpha value is -1.32. The van der Waals surface area contributed by atoms with E-state index in [1.807, 2.05) is 6.92 Å². The van der Waals surface area contributed by atoms with Crippen LogP contribution >= 0.6 is 0 Å². The standard InChI is InChI=1S/C22H40O4/c1-3-5-6-7-10-13-16-20-26-22(24)18-15-12-9-8-11-14-17-21(23)25-19-4-2/h10,13H,3-9,11-12,14-20H2,1-2H3/b13-10-. The number of rotatable bonds is 18. The molecule has 0 aliphatic rings. The maximum atomic E-state index is 11.6. The van der Waals surface area contributed by atoms with Crippen LogP contribution in [0.5, 0.6) is 0 Å². The normalized spacial score (nSPS) is 11.0. The summed E-state index contributed by atoms with van der Waals surface area (Å²) in [4.78, 5) is 22.9. The summed E-state index contributed by atoms with van der Waals surface area (Å²) in [6.07, 6.45) is 18.1. The second-order valence-corrected chi connectivity index (χ2v) is 6.82. The molecule has 0 aromatic heterocycles. The fourth-order valence-electron chi connectivity index (χ4n) is 2.59. The highest BCUT2D eigenvalue weighted by atomic mass is 16.5. The first-order valence-corrected chi connectivity index (χ1v) is 10.7. The Labute approximate surface area is 160 Å². The molecule has 0 heterocycles. The van der Waals surface area contributed by atoms with Gasteiger partial charge in [0, 0.05) is 12.8 Å². The van der Waals surface area contributed by atoms with E-state index >= 15 is 0 Å². The second kappa shape index (κ2) is 20.0. The molecular weight excluding hydrogens is 328 g/mol. The summed E-state index contributed by atoms with van der Waals surface area (Å²) >= 11 is 0. The number of hydrogen-bond acceptors (Lipinski definition) is 4. The van der Waals surface area contributed by atoms with Crippen molar-refractivity contribution >= 4 is 11.9 Å². The van der Waals surface area contributed by atoms with Crippen molar-refractivity contribution in [2.45, 2.75) is 104 Å². The summed E-state index contributed by atoms with van der Waals surface area (Å²) in [5, 5.41) is 0. The van der Waals surface area contributed by atoms with Gasteiger partial charge in [0.15, 0.2) is 0 Å². The lowest BCUT2D eigenvalue weighted by molar-refractivity contribution is -0.144. The van der Waals surface area contributed by atoms with E-state index < -0.39 is 0 Å². The highest BCUT2D eigenvalue weighted by molar-refractivity contribution is 5.69. The number of carbonyl (C=O) groups is 2. The third-order valence-corrected chi connectivity index (χ3v) is 4.17. The van der Waals surface area contributed by atoms with E-state index in [1.54, 1.807) is 0 Å². The van der Waals surface area contributed by atoms with Crippen LogP contribution in [0.4, 0.5) is 0 Å². The first-order valence-electron chi connectivity index (χ1n) is 10.7. The summed E-state index contributed by atoms with van der Waals surface area (Å²) in [5.74, 6) is -0.159. The van der Waals surface area contributed by atoms with Gasteiger partial charge in [0.1, 0.15) is 0 Å². The quantitative estimate of drug-likeness (QED) is 0.166. The predicted molar refractivity (Wildman–Crippen MR) is 107 cm³/mol. The number of unbranched alkanes of at least 4 members (excludes halogenated alkanes) is 8. The van der Waals surface area contributed by atoms with Gasteiger partial charge in [-0.25, -0.2) is 0 Å². The topological polar surface area (TPSA) is 52.6 Å². The molecule has 0 saturated carbocycles. The van der Waals surface area contributed by atoms with E-state index in [2.05, 4.69) is 19.1 Å².